The molecule has 0 aliphatic heterocycles. The lowest BCUT2D eigenvalue weighted by atomic mass is 9.58. The van der Waals surface area contributed by atoms with Gasteiger partial charge in [-0.1, -0.05) is 34.5 Å². The molecule has 1 aliphatic carbocycles. The minimum absolute atomic E-state index is 0.0904. The zero-order chi connectivity index (χ0) is 15.6. The Hall–Kier alpha value is -0.850. The first-order valence-corrected chi connectivity index (χ1v) is 8.20. The lowest BCUT2D eigenvalue weighted by Gasteiger charge is -2.45. The summed E-state index contributed by atoms with van der Waals surface area (Å²) in [7, 11) is 1.69. The molecule has 0 atom stereocenters. The number of hydrogen-bond donors (Lipinski definition) is 3. The van der Waals surface area contributed by atoms with E-state index >= 15 is 0 Å². The van der Waals surface area contributed by atoms with E-state index in [1.54, 1.807) is 7.05 Å². The third-order valence-electron chi connectivity index (χ3n) is 3.76. The van der Waals surface area contributed by atoms with Gasteiger partial charge in [-0.2, -0.15) is 0 Å². The zero-order valence-corrected chi connectivity index (χ0v) is 15.0. The van der Waals surface area contributed by atoms with Crippen molar-refractivity contribution in [3.05, 3.63) is 33.3 Å². The van der Waals surface area contributed by atoms with E-state index in [0.29, 0.717) is 16.1 Å². The maximum atomic E-state index is 12.6. The Balaban J connectivity index is 2.24. The van der Waals surface area contributed by atoms with Gasteiger partial charge in [0, 0.05) is 16.5 Å². The van der Waals surface area contributed by atoms with Gasteiger partial charge in [0.15, 0.2) is 5.11 Å². The molecular weight excluding hydrogens is 374 g/mol. The molecule has 0 unspecified atom stereocenters. The molecule has 4 nitrogen and oxygen atoms in total. The standard InChI is InChI=1S/C14H17BrClN3OS/c1-8-6-14(7-8,12(20)18-19-13(21)17-2)9-3-10(15)5-11(16)4-9/h3-5,8H,6-7H2,1-2H3,(H,18,20)(H2,17,19,21). The van der Waals surface area contributed by atoms with Gasteiger partial charge in [0.1, 0.15) is 0 Å². The molecule has 0 saturated heterocycles. The third kappa shape index (κ3) is 3.49. The normalized spacial score (nSPS) is 23.9. The lowest BCUT2D eigenvalue weighted by molar-refractivity contribution is -0.132. The topological polar surface area (TPSA) is 53.2 Å². The molecule has 1 fully saturated rings. The number of hydrogen-bond acceptors (Lipinski definition) is 2. The largest absolute Gasteiger partial charge is 0.364 e. The fraction of sp³-hybridized carbons (Fsp3) is 0.429. The summed E-state index contributed by atoms with van der Waals surface area (Å²) < 4.78 is 0.871. The zero-order valence-electron chi connectivity index (χ0n) is 11.8. The van der Waals surface area contributed by atoms with E-state index in [1.807, 2.05) is 18.2 Å². The van der Waals surface area contributed by atoms with Crippen molar-refractivity contribution >= 4 is 50.8 Å². The van der Waals surface area contributed by atoms with Crippen LogP contribution in [0.2, 0.25) is 5.02 Å². The van der Waals surface area contributed by atoms with E-state index in [1.165, 1.54) is 0 Å². The Labute approximate surface area is 143 Å². The van der Waals surface area contributed by atoms with E-state index < -0.39 is 5.41 Å². The number of carbonyl (C=O) groups is 1. The van der Waals surface area contributed by atoms with Gasteiger partial charge in [-0.25, -0.2) is 0 Å². The van der Waals surface area contributed by atoms with Crippen molar-refractivity contribution < 1.29 is 4.79 Å². The highest BCUT2D eigenvalue weighted by atomic mass is 79.9. The summed E-state index contributed by atoms with van der Waals surface area (Å²) >= 11 is 14.5. The van der Waals surface area contributed by atoms with E-state index in [-0.39, 0.29) is 5.91 Å². The third-order valence-corrected chi connectivity index (χ3v) is 4.74. The molecule has 1 aromatic carbocycles. The number of halogens is 2. The number of amides is 1. The van der Waals surface area contributed by atoms with Crippen LogP contribution in [0.15, 0.2) is 22.7 Å². The Kier molecular flexibility index (Phi) is 5.11. The van der Waals surface area contributed by atoms with E-state index in [4.69, 9.17) is 23.8 Å². The van der Waals surface area contributed by atoms with Gasteiger partial charge in [-0.05, 0) is 54.7 Å². The molecule has 7 heteroatoms. The second-order valence-corrected chi connectivity index (χ2v) is 7.17. The van der Waals surface area contributed by atoms with Crippen molar-refractivity contribution in [3.63, 3.8) is 0 Å². The molecule has 1 amide bonds. The van der Waals surface area contributed by atoms with Gasteiger partial charge < -0.3 is 5.32 Å². The van der Waals surface area contributed by atoms with Crippen LogP contribution in [-0.2, 0) is 10.2 Å². The van der Waals surface area contributed by atoms with Crippen LogP contribution in [0.5, 0.6) is 0 Å². The lowest BCUT2D eigenvalue weighted by Crippen LogP contribution is -2.57. The average molecular weight is 391 g/mol. The maximum Gasteiger partial charge on any atom is 0.249 e. The van der Waals surface area contributed by atoms with Gasteiger partial charge in [0.2, 0.25) is 5.91 Å². The van der Waals surface area contributed by atoms with Crippen LogP contribution in [0.4, 0.5) is 0 Å². The number of thiocarbonyl (C=S) groups is 1. The van der Waals surface area contributed by atoms with Crippen LogP contribution in [0, 0.1) is 5.92 Å². The summed E-state index contributed by atoms with van der Waals surface area (Å²) in [5.41, 5.74) is 5.75. The molecule has 2 rings (SSSR count). The van der Waals surface area contributed by atoms with E-state index in [9.17, 15) is 4.79 Å². The molecule has 21 heavy (non-hydrogen) atoms. The van der Waals surface area contributed by atoms with Gasteiger partial charge in [0.05, 0.1) is 5.41 Å². The van der Waals surface area contributed by atoms with E-state index in [0.717, 1.165) is 22.9 Å². The molecule has 1 aromatic rings. The molecular formula is C14H17BrClN3OS. The van der Waals surface area contributed by atoms with Crippen LogP contribution in [0.25, 0.3) is 0 Å². The average Bonchev–Trinajstić information content (AvgIpc) is 2.39. The van der Waals surface area contributed by atoms with E-state index in [2.05, 4.69) is 39.0 Å². The second kappa shape index (κ2) is 6.50. The van der Waals surface area contributed by atoms with Crippen LogP contribution < -0.4 is 16.2 Å². The van der Waals surface area contributed by atoms with Crippen molar-refractivity contribution in [3.8, 4) is 0 Å². The number of benzene rings is 1. The minimum atomic E-state index is -0.552. The Bertz CT molecular complexity index is 555. The number of carbonyl (C=O) groups excluding carboxylic acids is 1. The number of nitrogens with one attached hydrogen (secondary N) is 3. The Morgan fingerprint density at radius 3 is 2.57 bits per heavy atom. The van der Waals surface area contributed by atoms with Crippen molar-refractivity contribution in [2.24, 2.45) is 5.92 Å². The quantitative estimate of drug-likeness (QED) is 0.537. The molecule has 0 radical (unpaired) electrons. The summed E-state index contributed by atoms with van der Waals surface area (Å²) in [6.45, 7) is 2.14. The molecule has 0 heterocycles. The molecule has 1 saturated carbocycles. The monoisotopic (exact) mass is 389 g/mol. The van der Waals surface area contributed by atoms with Crippen molar-refractivity contribution in [2.45, 2.75) is 25.2 Å². The fourth-order valence-electron chi connectivity index (χ4n) is 2.81. The first-order valence-electron chi connectivity index (χ1n) is 6.62. The fourth-order valence-corrected chi connectivity index (χ4v) is 3.72. The highest BCUT2D eigenvalue weighted by Gasteiger charge is 2.49. The summed E-state index contributed by atoms with van der Waals surface area (Å²) in [5, 5.41) is 3.74. The van der Waals surface area contributed by atoms with Crippen molar-refractivity contribution in [1.29, 1.82) is 0 Å². The second-order valence-electron chi connectivity index (χ2n) is 5.41. The molecule has 0 spiro atoms. The van der Waals surface area contributed by atoms with Crippen molar-refractivity contribution in [2.75, 3.05) is 7.05 Å². The van der Waals surface area contributed by atoms with Gasteiger partial charge in [0.25, 0.3) is 0 Å². The molecule has 1 aliphatic rings. The number of hydrazine groups is 1. The Morgan fingerprint density at radius 1 is 1.38 bits per heavy atom. The van der Waals surface area contributed by atoms with Gasteiger partial charge in [-0.15, -0.1) is 0 Å². The molecule has 3 N–H and O–H groups in total. The van der Waals surface area contributed by atoms with Gasteiger partial charge in [-0.3, -0.25) is 15.6 Å². The van der Waals surface area contributed by atoms with Crippen LogP contribution >= 0.6 is 39.7 Å². The predicted octanol–water partition coefficient (Wildman–Crippen LogP) is 2.90. The van der Waals surface area contributed by atoms with Gasteiger partial charge >= 0.3 is 0 Å². The van der Waals surface area contributed by atoms with Crippen LogP contribution in [-0.4, -0.2) is 18.1 Å². The van der Waals surface area contributed by atoms with Crippen LogP contribution in [0.3, 0.4) is 0 Å². The molecule has 0 aromatic heterocycles. The predicted molar refractivity (Wildman–Crippen MR) is 92.2 cm³/mol. The van der Waals surface area contributed by atoms with Crippen molar-refractivity contribution in [1.82, 2.24) is 16.2 Å². The molecule has 114 valence electrons. The maximum absolute atomic E-state index is 12.6. The highest BCUT2D eigenvalue weighted by Crippen LogP contribution is 2.48. The first kappa shape index (κ1) is 16.5. The first-order chi connectivity index (χ1) is 9.87. The number of rotatable bonds is 2. The minimum Gasteiger partial charge on any atom is -0.364 e. The van der Waals surface area contributed by atoms with Crippen LogP contribution in [0.1, 0.15) is 25.3 Å². The SMILES string of the molecule is CNC(=S)NNC(=O)C1(c2cc(Cl)cc(Br)c2)CC(C)C1. The summed E-state index contributed by atoms with van der Waals surface area (Å²) in [5.74, 6) is 0.414. The summed E-state index contributed by atoms with van der Waals surface area (Å²) in [6.07, 6.45) is 1.58. The summed E-state index contributed by atoms with van der Waals surface area (Å²) in [6, 6.07) is 5.62. The molecule has 0 bridgehead atoms. The highest BCUT2D eigenvalue weighted by molar-refractivity contribution is 9.10. The smallest absolute Gasteiger partial charge is 0.249 e. The Morgan fingerprint density at radius 2 is 2.05 bits per heavy atom. The summed E-state index contributed by atoms with van der Waals surface area (Å²) in [4.78, 5) is 12.6.